The maximum absolute atomic E-state index is 12.6. The Kier molecular flexibility index (Phi) is 10.1. The molecule has 1 fully saturated rings. The second kappa shape index (κ2) is 14.2. The first kappa shape index (κ1) is 30.8. The number of benzene rings is 2. The lowest BCUT2D eigenvalue weighted by atomic mass is 9.95. The van der Waals surface area contributed by atoms with E-state index >= 15 is 0 Å². The average Bonchev–Trinajstić information content (AvgIpc) is 3.00. The standard InChI is InChI=1S/C29H34N6O8/c1-4-42-28(37)26-18(2)31-29(38)32-27(26)19-8-11-23(24(15-19)41-3)43-17-25(36)33-30-16-20-14-21(35(39)40)9-10-22(20)34-12-6-5-7-13-34/h8-11,14-16,27H,4-7,12-13,17H2,1-3H3,(H,33,36)(H2,31,32,38)/b30-16-/t27-/m1/s1. The number of carbonyl (C=O) groups is 3. The van der Waals surface area contributed by atoms with E-state index in [1.54, 1.807) is 38.1 Å². The van der Waals surface area contributed by atoms with E-state index in [9.17, 15) is 24.5 Å². The number of nitro benzene ring substituents is 1. The topological polar surface area (TPSA) is 174 Å². The zero-order valence-electron chi connectivity index (χ0n) is 24.2. The number of rotatable bonds is 11. The molecule has 3 amide bonds. The van der Waals surface area contributed by atoms with Crippen LogP contribution < -0.4 is 30.4 Å². The summed E-state index contributed by atoms with van der Waals surface area (Å²) < 4.78 is 16.3. The molecule has 228 valence electrons. The quantitative estimate of drug-likeness (QED) is 0.153. The summed E-state index contributed by atoms with van der Waals surface area (Å²) in [7, 11) is 1.42. The van der Waals surface area contributed by atoms with Crippen LogP contribution in [0.3, 0.4) is 0 Å². The summed E-state index contributed by atoms with van der Waals surface area (Å²) in [6, 6.07) is 8.12. The molecule has 0 radical (unpaired) electrons. The van der Waals surface area contributed by atoms with E-state index in [0.717, 1.165) is 38.0 Å². The van der Waals surface area contributed by atoms with E-state index in [4.69, 9.17) is 14.2 Å². The highest BCUT2D eigenvalue weighted by Gasteiger charge is 2.32. The zero-order valence-corrected chi connectivity index (χ0v) is 24.2. The van der Waals surface area contributed by atoms with Crippen LogP contribution in [-0.2, 0) is 14.3 Å². The van der Waals surface area contributed by atoms with E-state index in [1.807, 2.05) is 0 Å². The van der Waals surface area contributed by atoms with E-state index in [0.29, 0.717) is 16.8 Å². The lowest BCUT2D eigenvalue weighted by Crippen LogP contribution is -2.45. The second-order valence-corrected chi connectivity index (χ2v) is 9.83. The SMILES string of the molecule is CCOC(=O)C1=C(C)NC(=O)N[C@@H]1c1ccc(OCC(=O)N/N=C\c2cc([N+](=O)[O-])ccc2N2CCCCC2)c(OC)c1. The number of amides is 3. The number of nitrogens with zero attached hydrogens (tertiary/aromatic N) is 3. The van der Waals surface area contributed by atoms with Gasteiger partial charge in [0.1, 0.15) is 0 Å². The van der Waals surface area contributed by atoms with E-state index < -0.39 is 35.5 Å². The van der Waals surface area contributed by atoms with Gasteiger partial charge in [-0.05, 0) is 56.9 Å². The van der Waals surface area contributed by atoms with Gasteiger partial charge >= 0.3 is 12.0 Å². The van der Waals surface area contributed by atoms with Crippen LogP contribution in [-0.4, -0.2) is 62.5 Å². The number of allylic oxidation sites excluding steroid dienone is 1. The number of nitro groups is 1. The van der Waals surface area contributed by atoms with Crippen LogP contribution in [0.4, 0.5) is 16.2 Å². The summed E-state index contributed by atoms with van der Waals surface area (Å²) in [6.07, 6.45) is 4.58. The summed E-state index contributed by atoms with van der Waals surface area (Å²) in [5, 5.41) is 20.6. The maximum Gasteiger partial charge on any atom is 0.338 e. The molecule has 2 heterocycles. The summed E-state index contributed by atoms with van der Waals surface area (Å²) in [4.78, 5) is 50.3. The van der Waals surface area contributed by atoms with Crippen LogP contribution in [0.5, 0.6) is 11.5 Å². The van der Waals surface area contributed by atoms with Crippen molar-refractivity contribution < 1.29 is 33.5 Å². The molecule has 1 atom stereocenters. The van der Waals surface area contributed by atoms with Crippen molar-refractivity contribution in [1.82, 2.24) is 16.1 Å². The summed E-state index contributed by atoms with van der Waals surface area (Å²) in [6.45, 7) is 4.74. The highest BCUT2D eigenvalue weighted by Crippen LogP contribution is 2.34. The number of ether oxygens (including phenoxy) is 3. The fourth-order valence-electron chi connectivity index (χ4n) is 4.94. The predicted octanol–water partition coefficient (Wildman–Crippen LogP) is 3.31. The Morgan fingerprint density at radius 2 is 1.93 bits per heavy atom. The number of esters is 1. The van der Waals surface area contributed by atoms with Gasteiger partial charge < -0.3 is 29.7 Å². The first-order valence-corrected chi connectivity index (χ1v) is 13.8. The fraction of sp³-hybridized carbons (Fsp3) is 0.379. The highest BCUT2D eigenvalue weighted by atomic mass is 16.6. The molecule has 0 bridgehead atoms. The van der Waals surface area contributed by atoms with Gasteiger partial charge in [-0.15, -0.1) is 0 Å². The van der Waals surface area contributed by atoms with Crippen molar-refractivity contribution in [3.05, 3.63) is 68.9 Å². The third kappa shape index (κ3) is 7.58. The first-order valence-electron chi connectivity index (χ1n) is 13.8. The van der Waals surface area contributed by atoms with E-state index in [1.165, 1.54) is 25.5 Å². The molecule has 0 unspecified atom stereocenters. The molecule has 0 saturated carbocycles. The monoisotopic (exact) mass is 594 g/mol. The van der Waals surface area contributed by atoms with E-state index in [2.05, 4.69) is 26.1 Å². The number of nitrogens with one attached hydrogen (secondary N) is 3. The Labute approximate surface area is 248 Å². The Bertz CT molecular complexity index is 1450. The van der Waals surface area contributed by atoms with Gasteiger partial charge in [0.25, 0.3) is 11.6 Å². The van der Waals surface area contributed by atoms with Crippen LogP contribution in [0.2, 0.25) is 0 Å². The fourth-order valence-corrected chi connectivity index (χ4v) is 4.94. The van der Waals surface area contributed by atoms with E-state index in [-0.39, 0.29) is 29.4 Å². The normalized spacial score (nSPS) is 16.8. The lowest BCUT2D eigenvalue weighted by molar-refractivity contribution is -0.384. The Hall–Kier alpha value is -5.14. The van der Waals surface area contributed by atoms with Crippen LogP contribution in [0.15, 0.2) is 52.8 Å². The van der Waals surface area contributed by atoms with Crippen LogP contribution in [0, 0.1) is 10.1 Å². The summed E-state index contributed by atoms with van der Waals surface area (Å²) >= 11 is 0. The molecule has 43 heavy (non-hydrogen) atoms. The molecule has 0 aromatic heterocycles. The number of urea groups is 1. The van der Waals surface area contributed by atoms with Gasteiger partial charge in [-0.3, -0.25) is 14.9 Å². The maximum atomic E-state index is 12.6. The number of hydrogen-bond acceptors (Lipinski definition) is 10. The molecule has 2 aromatic carbocycles. The Morgan fingerprint density at radius 3 is 2.63 bits per heavy atom. The van der Waals surface area contributed by atoms with Gasteiger partial charge in [-0.1, -0.05) is 6.07 Å². The third-order valence-corrected chi connectivity index (χ3v) is 6.96. The van der Waals surface area contributed by atoms with Crippen molar-refractivity contribution in [3.63, 3.8) is 0 Å². The highest BCUT2D eigenvalue weighted by molar-refractivity contribution is 5.95. The van der Waals surface area contributed by atoms with Crippen molar-refractivity contribution >= 4 is 35.5 Å². The van der Waals surface area contributed by atoms with Gasteiger partial charge in [0.05, 0.1) is 36.5 Å². The minimum atomic E-state index is -0.794. The molecule has 1 saturated heterocycles. The van der Waals surface area contributed by atoms with Crippen molar-refractivity contribution in [2.75, 3.05) is 38.3 Å². The van der Waals surface area contributed by atoms with Crippen molar-refractivity contribution in [1.29, 1.82) is 0 Å². The molecule has 0 aliphatic carbocycles. The van der Waals surface area contributed by atoms with Crippen LogP contribution in [0.1, 0.15) is 50.3 Å². The number of hydrogen-bond donors (Lipinski definition) is 3. The van der Waals surface area contributed by atoms with Crippen molar-refractivity contribution in [3.8, 4) is 11.5 Å². The van der Waals surface area contributed by atoms with Crippen LogP contribution >= 0.6 is 0 Å². The molecule has 2 aliphatic heterocycles. The van der Waals surface area contributed by atoms with Gasteiger partial charge in [0.15, 0.2) is 18.1 Å². The summed E-state index contributed by atoms with van der Waals surface area (Å²) in [5.74, 6) is -0.622. The van der Waals surface area contributed by atoms with Gasteiger partial charge in [-0.2, -0.15) is 5.10 Å². The van der Waals surface area contributed by atoms with Gasteiger partial charge in [0, 0.05) is 42.2 Å². The Morgan fingerprint density at radius 1 is 1.16 bits per heavy atom. The molecule has 14 nitrogen and oxygen atoms in total. The smallest absolute Gasteiger partial charge is 0.338 e. The Balaban J connectivity index is 1.43. The minimum absolute atomic E-state index is 0.0727. The van der Waals surface area contributed by atoms with Crippen molar-refractivity contribution in [2.45, 2.75) is 39.2 Å². The number of methoxy groups -OCH3 is 1. The number of carbonyl (C=O) groups excluding carboxylic acids is 3. The average molecular weight is 595 g/mol. The third-order valence-electron chi connectivity index (χ3n) is 6.96. The molecular weight excluding hydrogens is 560 g/mol. The first-order chi connectivity index (χ1) is 20.7. The van der Waals surface area contributed by atoms with Crippen molar-refractivity contribution in [2.24, 2.45) is 5.10 Å². The molecular formula is C29H34N6O8. The molecule has 3 N–H and O–H groups in total. The summed E-state index contributed by atoms with van der Waals surface area (Å²) in [5.41, 5.74) is 4.81. The number of piperidine rings is 1. The largest absolute Gasteiger partial charge is 0.493 e. The molecule has 2 aromatic rings. The molecule has 0 spiro atoms. The number of hydrazone groups is 1. The van der Waals surface area contributed by atoms with Gasteiger partial charge in [-0.25, -0.2) is 15.0 Å². The number of non-ortho nitro benzene ring substituents is 1. The molecule has 14 heteroatoms. The molecule has 2 aliphatic rings. The van der Waals surface area contributed by atoms with Crippen LogP contribution in [0.25, 0.3) is 0 Å². The lowest BCUT2D eigenvalue weighted by Gasteiger charge is -2.29. The zero-order chi connectivity index (χ0) is 30.9. The predicted molar refractivity (Wildman–Crippen MR) is 157 cm³/mol. The minimum Gasteiger partial charge on any atom is -0.493 e. The second-order valence-electron chi connectivity index (χ2n) is 9.83. The number of anilines is 1. The van der Waals surface area contributed by atoms with Gasteiger partial charge in [0.2, 0.25) is 0 Å². The molecule has 4 rings (SSSR count).